The van der Waals surface area contributed by atoms with Crippen molar-refractivity contribution in [3.8, 4) is 0 Å². The summed E-state index contributed by atoms with van der Waals surface area (Å²) in [4.78, 5) is 23.7. The van der Waals surface area contributed by atoms with E-state index in [0.717, 1.165) is 12.1 Å². The van der Waals surface area contributed by atoms with Gasteiger partial charge < -0.3 is 11.1 Å². The molecule has 2 aromatic carbocycles. The van der Waals surface area contributed by atoms with Crippen molar-refractivity contribution in [2.75, 3.05) is 0 Å². The van der Waals surface area contributed by atoms with Gasteiger partial charge in [0, 0.05) is 17.0 Å². The van der Waals surface area contributed by atoms with Crippen molar-refractivity contribution in [1.82, 2.24) is 5.32 Å². The number of primary amides is 1. The van der Waals surface area contributed by atoms with Crippen LogP contribution in [-0.4, -0.2) is 17.9 Å². The summed E-state index contributed by atoms with van der Waals surface area (Å²) >= 11 is 5.74. The van der Waals surface area contributed by atoms with Crippen molar-refractivity contribution >= 4 is 23.4 Å². The van der Waals surface area contributed by atoms with E-state index in [-0.39, 0.29) is 12.0 Å². The van der Waals surface area contributed by atoms with E-state index in [1.165, 1.54) is 36.4 Å². The van der Waals surface area contributed by atoms with Gasteiger partial charge in [-0.25, -0.2) is 0 Å². The third kappa shape index (κ3) is 5.22. The van der Waals surface area contributed by atoms with Gasteiger partial charge in [-0.1, -0.05) is 23.7 Å². The lowest BCUT2D eigenvalue weighted by molar-refractivity contribution is -0.137. The number of amides is 2. The normalized spacial score (nSPS) is 12.5. The molecule has 0 aliphatic heterocycles. The van der Waals surface area contributed by atoms with Crippen molar-refractivity contribution in [3.05, 3.63) is 70.2 Å². The van der Waals surface area contributed by atoms with E-state index in [9.17, 15) is 22.8 Å². The maximum Gasteiger partial charge on any atom is 0.416 e. The number of hydrogen-bond acceptors (Lipinski definition) is 2. The van der Waals surface area contributed by atoms with Crippen LogP contribution in [0.1, 0.15) is 21.5 Å². The molecule has 0 aliphatic carbocycles. The Kier molecular flexibility index (Phi) is 5.69. The van der Waals surface area contributed by atoms with Gasteiger partial charge in [-0.05, 0) is 42.0 Å². The predicted molar refractivity (Wildman–Crippen MR) is 87.0 cm³/mol. The van der Waals surface area contributed by atoms with Gasteiger partial charge in [0.2, 0.25) is 5.91 Å². The van der Waals surface area contributed by atoms with Crippen LogP contribution in [0.25, 0.3) is 0 Å². The second-order valence-corrected chi connectivity index (χ2v) is 5.77. The number of benzene rings is 2. The van der Waals surface area contributed by atoms with E-state index in [4.69, 9.17) is 17.3 Å². The Balaban J connectivity index is 2.09. The summed E-state index contributed by atoms with van der Waals surface area (Å²) in [5, 5.41) is 2.92. The first-order valence-corrected chi connectivity index (χ1v) is 7.56. The molecule has 0 aliphatic rings. The first kappa shape index (κ1) is 18.8. The van der Waals surface area contributed by atoms with Gasteiger partial charge in [0.1, 0.15) is 6.04 Å². The number of rotatable bonds is 5. The average Bonchev–Trinajstić information content (AvgIpc) is 2.54. The van der Waals surface area contributed by atoms with E-state index in [2.05, 4.69) is 5.32 Å². The average molecular weight is 371 g/mol. The monoisotopic (exact) mass is 370 g/mol. The Hall–Kier alpha value is -2.54. The van der Waals surface area contributed by atoms with Crippen LogP contribution < -0.4 is 11.1 Å². The lowest BCUT2D eigenvalue weighted by atomic mass is 10.0. The van der Waals surface area contributed by atoms with Crippen LogP contribution in [0.5, 0.6) is 0 Å². The fraction of sp³-hybridized carbons (Fsp3) is 0.176. The first-order chi connectivity index (χ1) is 11.7. The molecule has 25 heavy (non-hydrogen) atoms. The van der Waals surface area contributed by atoms with Crippen molar-refractivity contribution in [2.45, 2.75) is 18.6 Å². The Morgan fingerprint density at radius 3 is 2.08 bits per heavy atom. The van der Waals surface area contributed by atoms with Gasteiger partial charge in [-0.3, -0.25) is 9.59 Å². The molecule has 0 heterocycles. The van der Waals surface area contributed by atoms with Crippen LogP contribution in [0.2, 0.25) is 5.02 Å². The first-order valence-electron chi connectivity index (χ1n) is 7.18. The number of carbonyl (C=O) groups is 2. The molecule has 2 rings (SSSR count). The van der Waals surface area contributed by atoms with Crippen LogP contribution in [0.3, 0.4) is 0 Å². The Morgan fingerprint density at radius 2 is 1.60 bits per heavy atom. The second-order valence-electron chi connectivity index (χ2n) is 5.33. The van der Waals surface area contributed by atoms with Gasteiger partial charge >= 0.3 is 6.18 Å². The number of nitrogens with one attached hydrogen (secondary N) is 1. The van der Waals surface area contributed by atoms with Crippen molar-refractivity contribution in [3.63, 3.8) is 0 Å². The van der Waals surface area contributed by atoms with Crippen LogP contribution in [-0.2, 0) is 17.4 Å². The van der Waals surface area contributed by atoms with Gasteiger partial charge in [0.25, 0.3) is 5.91 Å². The predicted octanol–water partition coefficient (Wildman–Crippen LogP) is 3.19. The molecule has 2 amide bonds. The van der Waals surface area contributed by atoms with E-state index < -0.39 is 29.6 Å². The molecule has 0 fully saturated rings. The van der Waals surface area contributed by atoms with E-state index >= 15 is 0 Å². The molecule has 4 nitrogen and oxygen atoms in total. The third-order valence-corrected chi connectivity index (χ3v) is 3.73. The number of halogens is 4. The van der Waals surface area contributed by atoms with Gasteiger partial charge in [-0.2, -0.15) is 13.2 Å². The molecule has 0 spiro atoms. The zero-order valence-electron chi connectivity index (χ0n) is 12.8. The van der Waals surface area contributed by atoms with E-state index in [1.54, 1.807) is 0 Å². The SMILES string of the molecule is NC(=O)[C@@H](Cc1ccc(C(F)(F)F)cc1)NC(=O)c1ccc(Cl)cc1. The minimum atomic E-state index is -4.44. The fourth-order valence-electron chi connectivity index (χ4n) is 2.13. The smallest absolute Gasteiger partial charge is 0.368 e. The molecule has 0 bridgehead atoms. The van der Waals surface area contributed by atoms with Gasteiger partial charge in [0.05, 0.1) is 5.56 Å². The Labute approximate surface area is 146 Å². The lowest BCUT2D eigenvalue weighted by Crippen LogP contribution is -2.45. The summed E-state index contributed by atoms with van der Waals surface area (Å²) in [6, 6.07) is 9.25. The van der Waals surface area contributed by atoms with E-state index in [0.29, 0.717) is 10.6 Å². The molecule has 0 radical (unpaired) electrons. The van der Waals surface area contributed by atoms with Crippen LogP contribution in [0.4, 0.5) is 13.2 Å². The molecule has 8 heteroatoms. The maximum absolute atomic E-state index is 12.6. The quantitative estimate of drug-likeness (QED) is 0.848. The molecule has 0 unspecified atom stereocenters. The third-order valence-electron chi connectivity index (χ3n) is 3.48. The highest BCUT2D eigenvalue weighted by Crippen LogP contribution is 2.29. The molecule has 1 atom stereocenters. The lowest BCUT2D eigenvalue weighted by Gasteiger charge is -2.16. The molecule has 0 saturated carbocycles. The molecule has 132 valence electrons. The van der Waals surface area contributed by atoms with Crippen LogP contribution >= 0.6 is 11.6 Å². The zero-order chi connectivity index (χ0) is 18.6. The Bertz CT molecular complexity index is 759. The van der Waals surface area contributed by atoms with E-state index in [1.807, 2.05) is 0 Å². The summed E-state index contributed by atoms with van der Waals surface area (Å²) in [5.74, 6) is -1.32. The van der Waals surface area contributed by atoms with Crippen molar-refractivity contribution in [1.29, 1.82) is 0 Å². The highest BCUT2D eigenvalue weighted by atomic mass is 35.5. The summed E-state index contributed by atoms with van der Waals surface area (Å²) in [5.41, 5.74) is 5.20. The zero-order valence-corrected chi connectivity index (χ0v) is 13.6. The maximum atomic E-state index is 12.6. The minimum absolute atomic E-state index is 0.0210. The minimum Gasteiger partial charge on any atom is -0.368 e. The molecule has 2 aromatic rings. The molecular formula is C17H14ClF3N2O2. The van der Waals surface area contributed by atoms with Crippen molar-refractivity contribution in [2.24, 2.45) is 5.73 Å². The summed E-state index contributed by atoms with van der Waals surface area (Å²) in [6.45, 7) is 0. The van der Waals surface area contributed by atoms with Gasteiger partial charge in [0.15, 0.2) is 0 Å². The largest absolute Gasteiger partial charge is 0.416 e. The second kappa shape index (κ2) is 7.57. The molecule has 0 aromatic heterocycles. The van der Waals surface area contributed by atoms with Crippen molar-refractivity contribution < 1.29 is 22.8 Å². The number of nitrogens with two attached hydrogens (primary N) is 1. The molecular weight excluding hydrogens is 357 g/mol. The van der Waals surface area contributed by atoms with Crippen LogP contribution in [0.15, 0.2) is 48.5 Å². The van der Waals surface area contributed by atoms with Crippen LogP contribution in [0, 0.1) is 0 Å². The standard InChI is InChI=1S/C17H14ClF3N2O2/c18-13-7-3-11(4-8-13)16(25)23-14(15(22)24)9-10-1-5-12(6-2-10)17(19,20)21/h1-8,14H,9H2,(H2,22,24)(H,23,25)/t14-/m1/s1. The fourth-order valence-corrected chi connectivity index (χ4v) is 2.26. The highest BCUT2D eigenvalue weighted by Gasteiger charge is 2.30. The summed E-state index contributed by atoms with van der Waals surface area (Å²) < 4.78 is 37.7. The molecule has 3 N–H and O–H groups in total. The number of carbonyl (C=O) groups excluding carboxylic acids is 2. The Morgan fingerprint density at radius 1 is 1.04 bits per heavy atom. The highest BCUT2D eigenvalue weighted by molar-refractivity contribution is 6.30. The summed E-state index contributed by atoms with van der Waals surface area (Å²) in [6.07, 6.45) is -4.46. The summed E-state index contributed by atoms with van der Waals surface area (Å²) in [7, 11) is 0. The number of alkyl halides is 3. The number of hydrogen-bond donors (Lipinski definition) is 2. The van der Waals surface area contributed by atoms with Gasteiger partial charge in [-0.15, -0.1) is 0 Å². The molecule has 0 saturated heterocycles. The topological polar surface area (TPSA) is 72.2 Å².